The lowest BCUT2D eigenvalue weighted by Gasteiger charge is -2.40. The first kappa shape index (κ1) is 31.7. The Labute approximate surface area is 252 Å². The quantitative estimate of drug-likeness (QED) is 0.243. The van der Waals surface area contributed by atoms with Crippen molar-refractivity contribution < 1.29 is 32.5 Å². The van der Waals surface area contributed by atoms with E-state index in [-0.39, 0.29) is 25.6 Å². The molecule has 236 valence electrons. The summed E-state index contributed by atoms with van der Waals surface area (Å²) in [6, 6.07) is 7.44. The molecule has 0 amide bonds. The van der Waals surface area contributed by atoms with Gasteiger partial charge in [0.25, 0.3) is 0 Å². The van der Waals surface area contributed by atoms with E-state index in [1.165, 1.54) is 17.7 Å². The number of ether oxygens (including phenoxy) is 2. The van der Waals surface area contributed by atoms with E-state index in [0.717, 1.165) is 50.2 Å². The number of anilines is 1. The third-order valence-corrected chi connectivity index (χ3v) is 9.38. The van der Waals surface area contributed by atoms with Crippen LogP contribution in [0.5, 0.6) is 0 Å². The number of halogens is 3. The highest BCUT2D eigenvalue weighted by atomic mass is 19.1. The van der Waals surface area contributed by atoms with E-state index in [2.05, 4.69) is 17.4 Å². The number of aromatic nitrogens is 1. The Bertz CT molecular complexity index is 1220. The van der Waals surface area contributed by atoms with Gasteiger partial charge in [-0.1, -0.05) is 12.1 Å². The van der Waals surface area contributed by atoms with E-state index in [4.69, 9.17) is 14.5 Å². The summed E-state index contributed by atoms with van der Waals surface area (Å²) in [6.45, 7) is 1.62. The molecule has 3 aliphatic rings. The highest BCUT2D eigenvalue weighted by Crippen LogP contribution is 2.44. The molecule has 0 bridgehead atoms. The zero-order chi connectivity index (χ0) is 30.2. The Morgan fingerprint density at radius 3 is 2.77 bits per heavy atom. The number of alkyl halides is 2. The van der Waals surface area contributed by atoms with Gasteiger partial charge in [0.15, 0.2) is 0 Å². The number of carboxylic acid groups (broad SMARTS) is 1. The summed E-state index contributed by atoms with van der Waals surface area (Å²) in [7, 11) is 0. The lowest BCUT2D eigenvalue weighted by atomic mass is 9.75. The largest absolute Gasteiger partial charge is 0.480 e. The van der Waals surface area contributed by atoms with Crippen LogP contribution in [-0.4, -0.2) is 73.3 Å². The van der Waals surface area contributed by atoms with Gasteiger partial charge in [-0.2, -0.15) is 0 Å². The van der Waals surface area contributed by atoms with Crippen LogP contribution in [0.4, 0.5) is 19.0 Å². The van der Waals surface area contributed by atoms with Gasteiger partial charge in [0.1, 0.15) is 17.7 Å². The van der Waals surface area contributed by atoms with E-state index in [9.17, 15) is 23.1 Å². The maximum Gasteiger partial charge on any atom is 0.325 e. The van der Waals surface area contributed by atoms with Crippen LogP contribution in [0.1, 0.15) is 85.9 Å². The second kappa shape index (κ2) is 14.9. The predicted molar refractivity (Wildman–Crippen MR) is 158 cm³/mol. The molecule has 3 aliphatic heterocycles. The van der Waals surface area contributed by atoms with Crippen molar-refractivity contribution in [2.45, 2.75) is 82.5 Å². The Hall–Kier alpha value is -2.69. The van der Waals surface area contributed by atoms with Gasteiger partial charge < -0.3 is 19.9 Å². The summed E-state index contributed by atoms with van der Waals surface area (Å²) >= 11 is 0. The van der Waals surface area contributed by atoms with Gasteiger partial charge in [-0.3, -0.25) is 18.5 Å². The number of likely N-dealkylation sites (tertiary alicyclic amines) is 1. The number of benzene rings is 1. The average molecular weight is 604 g/mol. The minimum atomic E-state index is -1.06. The molecule has 10 heteroatoms. The number of aryl methyl sites for hydroxylation is 2. The molecule has 2 aromatic rings. The molecular weight excluding hydrogens is 559 g/mol. The molecule has 2 N–H and O–H groups in total. The zero-order valence-electron chi connectivity index (χ0n) is 24.8. The minimum absolute atomic E-state index is 0.0992. The van der Waals surface area contributed by atoms with Crippen molar-refractivity contribution in [2.75, 3.05) is 51.5 Å². The first-order valence-corrected chi connectivity index (χ1v) is 15.8. The number of unbranched alkanes of at least 4 members (excludes halogenated alkanes) is 1. The van der Waals surface area contributed by atoms with Gasteiger partial charge >= 0.3 is 5.97 Å². The maximum absolute atomic E-state index is 14.5. The number of carbonyl (C=O) groups is 1. The van der Waals surface area contributed by atoms with Crippen molar-refractivity contribution in [1.82, 2.24) is 9.88 Å². The van der Waals surface area contributed by atoms with Crippen molar-refractivity contribution >= 4 is 11.8 Å². The van der Waals surface area contributed by atoms with Crippen molar-refractivity contribution in [3.05, 3.63) is 58.5 Å². The van der Waals surface area contributed by atoms with Crippen LogP contribution in [0, 0.1) is 11.2 Å². The number of fused-ring (bicyclic) bond motifs is 1. The summed E-state index contributed by atoms with van der Waals surface area (Å²) < 4.78 is 53.2. The molecule has 43 heavy (non-hydrogen) atoms. The first-order valence-electron chi connectivity index (χ1n) is 15.8. The van der Waals surface area contributed by atoms with E-state index >= 15 is 0 Å². The van der Waals surface area contributed by atoms with E-state index in [0.29, 0.717) is 50.1 Å². The zero-order valence-corrected chi connectivity index (χ0v) is 24.8. The Morgan fingerprint density at radius 2 is 2.02 bits per heavy atom. The molecule has 2 saturated heterocycles. The van der Waals surface area contributed by atoms with E-state index in [1.807, 2.05) is 4.90 Å². The predicted octanol–water partition coefficient (Wildman–Crippen LogP) is 6.38. The molecule has 1 aromatic heterocycles. The summed E-state index contributed by atoms with van der Waals surface area (Å²) in [5.74, 6) is -0.557. The van der Waals surface area contributed by atoms with E-state index < -0.39 is 42.7 Å². The highest BCUT2D eigenvalue weighted by molar-refractivity contribution is 5.76. The van der Waals surface area contributed by atoms with Gasteiger partial charge in [0.05, 0.1) is 32.2 Å². The van der Waals surface area contributed by atoms with Crippen LogP contribution in [0.3, 0.4) is 0 Å². The molecule has 0 spiro atoms. The third-order valence-electron chi connectivity index (χ3n) is 9.38. The summed E-state index contributed by atoms with van der Waals surface area (Å²) in [4.78, 5) is 19.2. The van der Waals surface area contributed by atoms with Crippen molar-refractivity contribution in [3.63, 3.8) is 0 Å². The van der Waals surface area contributed by atoms with E-state index in [1.54, 1.807) is 6.07 Å². The fourth-order valence-corrected chi connectivity index (χ4v) is 6.89. The van der Waals surface area contributed by atoms with Crippen LogP contribution in [0.15, 0.2) is 30.3 Å². The van der Waals surface area contributed by atoms with Gasteiger partial charge in [-0.15, -0.1) is 0 Å². The van der Waals surface area contributed by atoms with Crippen LogP contribution in [-0.2, 0) is 27.1 Å². The van der Waals surface area contributed by atoms with Gasteiger partial charge in [0, 0.05) is 31.9 Å². The minimum Gasteiger partial charge on any atom is -0.480 e. The van der Waals surface area contributed by atoms with Crippen molar-refractivity contribution in [3.8, 4) is 0 Å². The molecule has 2 fully saturated rings. The fourth-order valence-electron chi connectivity index (χ4n) is 6.89. The fraction of sp³-hybridized carbons (Fsp3) is 0.636. The summed E-state index contributed by atoms with van der Waals surface area (Å²) in [5.41, 5.74) is 2.80. The van der Waals surface area contributed by atoms with Crippen LogP contribution in [0.2, 0.25) is 0 Å². The Balaban J connectivity index is 1.15. The lowest BCUT2D eigenvalue weighted by molar-refractivity contribution is -0.143. The maximum atomic E-state index is 14.5. The first-order chi connectivity index (χ1) is 20.9. The standard InChI is InChI=1S/C33H44F3N3O4/c34-15-13-33(14-16-35)12-10-29(43-22-33)27-9-7-24(36)20-28(27)30(32(40)41)39-18-11-26(21-39)42-19-2-1-5-25-8-6-23-4-3-17-37-31(23)38-25/h6-9,20,26,29-30H,1-5,10-19,21-22H2,(H,37,38)(H,40,41)/t26-,29+,30+/m1/s1. The van der Waals surface area contributed by atoms with Crippen molar-refractivity contribution in [2.24, 2.45) is 5.41 Å². The number of hydrogen-bond donors (Lipinski definition) is 2. The number of nitrogens with one attached hydrogen (secondary N) is 1. The Kier molecular flexibility index (Phi) is 11.0. The molecule has 1 aromatic carbocycles. The highest BCUT2D eigenvalue weighted by Gasteiger charge is 2.40. The number of pyridine rings is 1. The van der Waals surface area contributed by atoms with Crippen LogP contribution >= 0.6 is 0 Å². The molecule has 0 unspecified atom stereocenters. The van der Waals surface area contributed by atoms with Gasteiger partial charge in [-0.25, -0.2) is 9.37 Å². The third kappa shape index (κ3) is 7.88. The van der Waals surface area contributed by atoms with Gasteiger partial charge in [-0.05, 0) is 105 Å². The molecule has 0 saturated carbocycles. The number of rotatable bonds is 14. The second-order valence-corrected chi connectivity index (χ2v) is 12.3. The number of hydrogen-bond acceptors (Lipinski definition) is 6. The molecule has 4 heterocycles. The average Bonchev–Trinajstić information content (AvgIpc) is 3.46. The normalized spacial score (nSPS) is 22.6. The SMILES string of the molecule is O=C(O)[C@H](c1cc(F)ccc1[C@@H]1CCC(CCF)(CCF)CO1)N1CC[C@@H](OCCCCc2ccc3c(n2)NCCC3)C1. The summed E-state index contributed by atoms with van der Waals surface area (Å²) in [6.07, 6.45) is 6.59. The number of nitrogens with zero attached hydrogens (tertiary/aromatic N) is 2. The van der Waals surface area contributed by atoms with Crippen molar-refractivity contribution in [1.29, 1.82) is 0 Å². The molecule has 0 radical (unpaired) electrons. The number of aliphatic carboxylic acids is 1. The molecule has 5 rings (SSSR count). The second-order valence-electron chi connectivity index (χ2n) is 12.3. The van der Waals surface area contributed by atoms with Gasteiger partial charge in [0.2, 0.25) is 0 Å². The number of carboxylic acids is 1. The Morgan fingerprint density at radius 1 is 1.19 bits per heavy atom. The lowest BCUT2D eigenvalue weighted by Crippen LogP contribution is -2.36. The topological polar surface area (TPSA) is 83.9 Å². The van der Waals surface area contributed by atoms with Crippen LogP contribution < -0.4 is 5.32 Å². The molecule has 7 nitrogen and oxygen atoms in total. The molecule has 0 aliphatic carbocycles. The monoisotopic (exact) mass is 603 g/mol. The summed E-state index contributed by atoms with van der Waals surface area (Å²) in [5, 5.41) is 13.7. The molecule has 3 atom stereocenters. The molecular formula is C33H44F3N3O4. The smallest absolute Gasteiger partial charge is 0.325 e. The van der Waals surface area contributed by atoms with Crippen LogP contribution in [0.25, 0.3) is 0 Å².